The number of nitrogens with two attached hydrogens (primary N) is 1. The van der Waals surface area contributed by atoms with Gasteiger partial charge in [0, 0.05) is 32.8 Å². The van der Waals surface area contributed by atoms with Gasteiger partial charge in [0.15, 0.2) is 0 Å². The lowest BCUT2D eigenvalue weighted by Crippen LogP contribution is -2.46. The van der Waals surface area contributed by atoms with Crippen molar-refractivity contribution in [3.8, 4) is 0 Å². The number of rotatable bonds is 5. The van der Waals surface area contributed by atoms with Crippen molar-refractivity contribution in [2.45, 2.75) is 32.2 Å². The summed E-state index contributed by atoms with van der Waals surface area (Å²) in [5, 5.41) is 0. The molecule has 3 nitrogen and oxygen atoms in total. The molecule has 0 radical (unpaired) electrons. The highest BCUT2D eigenvalue weighted by molar-refractivity contribution is 4.80. The normalized spacial score (nSPS) is 29.4. The van der Waals surface area contributed by atoms with Crippen LogP contribution in [0.4, 0.5) is 0 Å². The quantitative estimate of drug-likeness (QED) is 0.675. The van der Waals surface area contributed by atoms with Crippen LogP contribution in [0.5, 0.6) is 0 Å². The molecule has 2 atom stereocenters. The topological polar surface area (TPSA) is 38.5 Å². The van der Waals surface area contributed by atoms with Crippen molar-refractivity contribution in [2.24, 2.45) is 11.7 Å². The molecule has 1 rings (SSSR count). The highest BCUT2D eigenvalue weighted by Gasteiger charge is 2.24. The summed E-state index contributed by atoms with van der Waals surface area (Å²) in [6.07, 6.45) is 3.72. The highest BCUT2D eigenvalue weighted by atomic mass is 16.5. The van der Waals surface area contributed by atoms with Crippen LogP contribution >= 0.6 is 0 Å². The molecule has 1 saturated heterocycles. The van der Waals surface area contributed by atoms with E-state index in [4.69, 9.17) is 10.5 Å². The number of methoxy groups -OCH3 is 1. The molecule has 2 N–H and O–H groups in total. The summed E-state index contributed by atoms with van der Waals surface area (Å²) in [6.45, 7) is 6.35. The molecule has 1 aliphatic heterocycles. The first-order chi connectivity index (χ1) is 6.77. The van der Waals surface area contributed by atoms with Gasteiger partial charge in [-0.2, -0.15) is 0 Å². The molecule has 0 amide bonds. The number of likely N-dealkylation sites (tertiary alicyclic amines) is 1. The van der Waals surface area contributed by atoms with E-state index in [0.717, 1.165) is 32.0 Å². The molecular weight excluding hydrogens is 176 g/mol. The van der Waals surface area contributed by atoms with Gasteiger partial charge in [0.1, 0.15) is 0 Å². The zero-order valence-electron chi connectivity index (χ0n) is 9.54. The maximum Gasteiger partial charge on any atom is 0.0474 e. The highest BCUT2D eigenvalue weighted by Crippen LogP contribution is 2.21. The molecule has 0 aliphatic carbocycles. The van der Waals surface area contributed by atoms with Crippen LogP contribution in [0, 0.1) is 5.92 Å². The molecule has 2 unspecified atom stereocenters. The Kier molecular flexibility index (Phi) is 5.45. The van der Waals surface area contributed by atoms with E-state index in [9.17, 15) is 0 Å². The fraction of sp³-hybridized carbons (Fsp3) is 1.00. The van der Waals surface area contributed by atoms with E-state index in [1.807, 2.05) is 0 Å². The molecule has 0 aromatic carbocycles. The Morgan fingerprint density at radius 2 is 2.29 bits per heavy atom. The Bertz CT molecular complexity index is 152. The summed E-state index contributed by atoms with van der Waals surface area (Å²) in [5.41, 5.74) is 5.79. The predicted molar refractivity (Wildman–Crippen MR) is 59.3 cm³/mol. The van der Waals surface area contributed by atoms with Crippen molar-refractivity contribution in [3.05, 3.63) is 0 Å². The molecule has 1 aliphatic rings. The van der Waals surface area contributed by atoms with Crippen LogP contribution in [-0.4, -0.2) is 44.3 Å². The van der Waals surface area contributed by atoms with Crippen molar-refractivity contribution in [1.82, 2.24) is 4.90 Å². The zero-order valence-corrected chi connectivity index (χ0v) is 9.54. The monoisotopic (exact) mass is 200 g/mol. The molecule has 0 spiro atoms. The Balaban J connectivity index is 2.27. The fourth-order valence-corrected chi connectivity index (χ4v) is 2.25. The van der Waals surface area contributed by atoms with Crippen LogP contribution < -0.4 is 5.73 Å². The van der Waals surface area contributed by atoms with Crippen molar-refractivity contribution in [3.63, 3.8) is 0 Å². The first-order valence-electron chi connectivity index (χ1n) is 5.71. The molecule has 0 aromatic heterocycles. The van der Waals surface area contributed by atoms with E-state index in [2.05, 4.69) is 11.8 Å². The minimum atomic E-state index is 0.607. The van der Waals surface area contributed by atoms with Gasteiger partial charge in [0.2, 0.25) is 0 Å². The Hall–Kier alpha value is -0.120. The fourth-order valence-electron chi connectivity index (χ4n) is 2.25. The maximum atomic E-state index is 5.79. The molecule has 3 heteroatoms. The largest absolute Gasteiger partial charge is 0.385 e. The summed E-state index contributed by atoms with van der Waals surface area (Å²) in [7, 11) is 1.76. The summed E-state index contributed by atoms with van der Waals surface area (Å²) in [4.78, 5) is 2.53. The van der Waals surface area contributed by atoms with Crippen LogP contribution in [-0.2, 0) is 4.74 Å². The molecule has 14 heavy (non-hydrogen) atoms. The van der Waals surface area contributed by atoms with Gasteiger partial charge in [0.25, 0.3) is 0 Å². The average Bonchev–Trinajstić information content (AvgIpc) is 2.20. The third-order valence-corrected chi connectivity index (χ3v) is 3.17. The number of ether oxygens (including phenoxy) is 1. The van der Waals surface area contributed by atoms with E-state index in [1.165, 1.54) is 19.4 Å². The van der Waals surface area contributed by atoms with Gasteiger partial charge in [-0.15, -0.1) is 0 Å². The minimum Gasteiger partial charge on any atom is -0.385 e. The van der Waals surface area contributed by atoms with Crippen LogP contribution in [0.25, 0.3) is 0 Å². The first-order valence-corrected chi connectivity index (χ1v) is 5.71. The lowest BCUT2D eigenvalue weighted by atomic mass is 9.92. The molecule has 0 aromatic rings. The summed E-state index contributed by atoms with van der Waals surface area (Å²) in [6, 6.07) is 0.607. The molecule has 1 fully saturated rings. The summed E-state index contributed by atoms with van der Waals surface area (Å²) in [5.74, 6) is 0.849. The predicted octanol–water partition coefficient (Wildman–Crippen LogP) is 1.08. The lowest BCUT2D eigenvalue weighted by molar-refractivity contribution is 0.105. The van der Waals surface area contributed by atoms with Crippen LogP contribution in [0.2, 0.25) is 0 Å². The minimum absolute atomic E-state index is 0.607. The second-order valence-electron chi connectivity index (χ2n) is 4.40. The summed E-state index contributed by atoms with van der Waals surface area (Å²) < 4.78 is 5.06. The van der Waals surface area contributed by atoms with Crippen molar-refractivity contribution < 1.29 is 4.74 Å². The van der Waals surface area contributed by atoms with Crippen molar-refractivity contribution in [2.75, 3.05) is 33.4 Å². The Labute approximate surface area is 87.6 Å². The van der Waals surface area contributed by atoms with Gasteiger partial charge >= 0.3 is 0 Å². The zero-order chi connectivity index (χ0) is 10.4. The third-order valence-electron chi connectivity index (χ3n) is 3.17. The van der Waals surface area contributed by atoms with E-state index < -0.39 is 0 Å². The van der Waals surface area contributed by atoms with Crippen LogP contribution in [0.1, 0.15) is 26.2 Å². The van der Waals surface area contributed by atoms with Crippen molar-refractivity contribution in [1.29, 1.82) is 0 Å². The third kappa shape index (κ3) is 3.56. The van der Waals surface area contributed by atoms with Gasteiger partial charge in [-0.1, -0.05) is 6.92 Å². The van der Waals surface area contributed by atoms with Crippen molar-refractivity contribution >= 4 is 0 Å². The first kappa shape index (κ1) is 12.0. The van der Waals surface area contributed by atoms with E-state index in [0.29, 0.717) is 6.04 Å². The number of hydrogen-bond acceptors (Lipinski definition) is 3. The van der Waals surface area contributed by atoms with Crippen LogP contribution in [0.15, 0.2) is 0 Å². The van der Waals surface area contributed by atoms with E-state index in [1.54, 1.807) is 7.11 Å². The molecular formula is C11H24N2O. The van der Waals surface area contributed by atoms with Gasteiger partial charge < -0.3 is 10.5 Å². The van der Waals surface area contributed by atoms with Gasteiger partial charge in [-0.05, 0) is 31.7 Å². The SMILES string of the molecule is COCCCN1CCC(C)CC1CN. The van der Waals surface area contributed by atoms with E-state index >= 15 is 0 Å². The molecule has 0 bridgehead atoms. The Morgan fingerprint density at radius 1 is 1.50 bits per heavy atom. The second kappa shape index (κ2) is 6.38. The molecule has 1 heterocycles. The number of piperidine rings is 1. The maximum absolute atomic E-state index is 5.79. The number of nitrogens with zero attached hydrogens (tertiary/aromatic N) is 1. The van der Waals surface area contributed by atoms with Gasteiger partial charge in [0.05, 0.1) is 0 Å². The second-order valence-corrected chi connectivity index (χ2v) is 4.40. The standard InChI is InChI=1S/C11H24N2O/c1-10-4-6-13(5-3-7-14-2)11(8-10)9-12/h10-11H,3-9,12H2,1-2H3. The summed E-state index contributed by atoms with van der Waals surface area (Å²) >= 11 is 0. The Morgan fingerprint density at radius 3 is 2.93 bits per heavy atom. The molecule has 0 saturated carbocycles. The number of hydrogen-bond donors (Lipinski definition) is 1. The van der Waals surface area contributed by atoms with E-state index in [-0.39, 0.29) is 0 Å². The van der Waals surface area contributed by atoms with Crippen LogP contribution in [0.3, 0.4) is 0 Å². The van der Waals surface area contributed by atoms with Gasteiger partial charge in [-0.3, -0.25) is 4.90 Å². The molecule has 84 valence electrons. The lowest BCUT2D eigenvalue weighted by Gasteiger charge is -2.37. The smallest absolute Gasteiger partial charge is 0.0474 e. The van der Waals surface area contributed by atoms with Gasteiger partial charge in [-0.25, -0.2) is 0 Å². The average molecular weight is 200 g/mol.